The summed E-state index contributed by atoms with van der Waals surface area (Å²) in [5.41, 5.74) is 0.709. The molecule has 0 aliphatic rings. The highest BCUT2D eigenvalue weighted by Gasteiger charge is 2.11. The van der Waals surface area contributed by atoms with Crippen molar-refractivity contribution in [3.8, 4) is 0 Å². The molecule has 0 aliphatic carbocycles. The Hall–Kier alpha value is -0.830. The molecule has 0 heterocycles. The van der Waals surface area contributed by atoms with Crippen molar-refractivity contribution in [3.05, 3.63) is 35.9 Å². The van der Waals surface area contributed by atoms with Crippen LogP contribution in [-0.4, -0.2) is 17.3 Å². The summed E-state index contributed by atoms with van der Waals surface area (Å²) < 4.78 is 0. The van der Waals surface area contributed by atoms with Gasteiger partial charge in [-0.05, 0) is 18.1 Å². The van der Waals surface area contributed by atoms with Crippen molar-refractivity contribution in [2.45, 2.75) is 18.7 Å². The van der Waals surface area contributed by atoms with E-state index < -0.39 is 0 Å². The van der Waals surface area contributed by atoms with Gasteiger partial charge < -0.3 is 5.32 Å². The molecule has 1 atom stereocenters. The predicted molar refractivity (Wildman–Crippen MR) is 66.3 cm³/mol. The number of benzene rings is 1. The van der Waals surface area contributed by atoms with Crippen LogP contribution in [0.2, 0.25) is 0 Å². The lowest BCUT2D eigenvalue weighted by Crippen LogP contribution is -2.31. The molecule has 0 aliphatic heterocycles. The van der Waals surface area contributed by atoms with Crippen molar-refractivity contribution in [3.63, 3.8) is 0 Å². The van der Waals surface area contributed by atoms with Gasteiger partial charge in [-0.3, -0.25) is 4.79 Å². The molecule has 0 aromatic heterocycles. The first-order valence-corrected chi connectivity index (χ1v) is 6.00. The maximum absolute atomic E-state index is 11.6. The van der Waals surface area contributed by atoms with Crippen molar-refractivity contribution >= 4 is 21.8 Å². The maximum Gasteiger partial charge on any atom is 0.251 e. The molecule has 0 spiro atoms. The van der Waals surface area contributed by atoms with Gasteiger partial charge in [-0.15, -0.1) is 0 Å². The van der Waals surface area contributed by atoms with E-state index in [0.29, 0.717) is 22.9 Å². The smallest absolute Gasteiger partial charge is 0.251 e. The van der Waals surface area contributed by atoms with Gasteiger partial charge in [0.25, 0.3) is 5.91 Å². The molecule has 1 unspecified atom stereocenters. The van der Waals surface area contributed by atoms with E-state index in [0.717, 1.165) is 0 Å². The highest BCUT2D eigenvalue weighted by Crippen LogP contribution is 2.10. The zero-order valence-electron chi connectivity index (χ0n) is 9.03. The monoisotopic (exact) mass is 269 g/mol. The van der Waals surface area contributed by atoms with E-state index in [2.05, 4.69) is 35.1 Å². The van der Waals surface area contributed by atoms with Gasteiger partial charge in [-0.2, -0.15) is 0 Å². The fourth-order valence-electron chi connectivity index (χ4n) is 1.12. The summed E-state index contributed by atoms with van der Waals surface area (Å²) in [4.78, 5) is 12.0. The molecule has 82 valence electrons. The summed E-state index contributed by atoms with van der Waals surface area (Å²) in [6.07, 6.45) is 0. The van der Waals surface area contributed by atoms with Crippen LogP contribution in [0.4, 0.5) is 0 Å². The molecular formula is C12H16BrNO. The van der Waals surface area contributed by atoms with E-state index in [1.807, 2.05) is 30.3 Å². The number of hydrogen-bond donors (Lipinski definition) is 1. The highest BCUT2D eigenvalue weighted by atomic mass is 79.9. The Labute approximate surface area is 99.2 Å². The fraction of sp³-hybridized carbons (Fsp3) is 0.417. The van der Waals surface area contributed by atoms with Crippen LogP contribution in [0.25, 0.3) is 0 Å². The van der Waals surface area contributed by atoms with Crippen molar-refractivity contribution in [2.75, 3.05) is 6.54 Å². The zero-order chi connectivity index (χ0) is 11.3. The van der Waals surface area contributed by atoms with Crippen molar-refractivity contribution in [1.29, 1.82) is 0 Å². The number of carbonyl (C=O) groups is 1. The van der Waals surface area contributed by atoms with Crippen LogP contribution in [0, 0.1) is 5.92 Å². The van der Waals surface area contributed by atoms with Crippen LogP contribution in [0.3, 0.4) is 0 Å². The topological polar surface area (TPSA) is 29.1 Å². The van der Waals surface area contributed by atoms with Gasteiger partial charge in [0.15, 0.2) is 0 Å². The molecule has 0 saturated heterocycles. The van der Waals surface area contributed by atoms with E-state index in [1.165, 1.54) is 0 Å². The molecule has 1 N–H and O–H groups in total. The van der Waals surface area contributed by atoms with Crippen LogP contribution in [0.15, 0.2) is 30.3 Å². The number of nitrogens with one attached hydrogen (secondary N) is 1. The van der Waals surface area contributed by atoms with Crippen LogP contribution in [-0.2, 0) is 0 Å². The van der Waals surface area contributed by atoms with E-state index in [4.69, 9.17) is 0 Å². The zero-order valence-corrected chi connectivity index (χ0v) is 10.6. The summed E-state index contributed by atoms with van der Waals surface area (Å²) in [5.74, 6) is 0.502. The first-order valence-electron chi connectivity index (χ1n) is 5.08. The number of rotatable bonds is 4. The first-order chi connectivity index (χ1) is 7.11. The van der Waals surface area contributed by atoms with Gasteiger partial charge in [-0.25, -0.2) is 0 Å². The van der Waals surface area contributed by atoms with E-state index in [-0.39, 0.29) is 5.91 Å². The first kappa shape index (κ1) is 12.2. The van der Waals surface area contributed by atoms with Crippen LogP contribution in [0.1, 0.15) is 24.2 Å². The summed E-state index contributed by atoms with van der Waals surface area (Å²) in [7, 11) is 0. The lowest BCUT2D eigenvalue weighted by atomic mass is 10.1. The van der Waals surface area contributed by atoms with Gasteiger partial charge in [0.05, 0.1) is 0 Å². The van der Waals surface area contributed by atoms with Crippen LogP contribution >= 0.6 is 15.9 Å². The maximum atomic E-state index is 11.6. The number of carbonyl (C=O) groups excluding carboxylic acids is 1. The Bertz CT molecular complexity index is 311. The molecule has 0 radical (unpaired) electrons. The van der Waals surface area contributed by atoms with E-state index in [1.54, 1.807) is 0 Å². The summed E-state index contributed by atoms with van der Waals surface area (Å²) in [6.45, 7) is 4.90. The third-order valence-electron chi connectivity index (χ3n) is 2.22. The Kier molecular flexibility index (Phi) is 4.82. The van der Waals surface area contributed by atoms with Gasteiger partial charge in [0.1, 0.15) is 0 Å². The van der Waals surface area contributed by atoms with Crippen molar-refractivity contribution < 1.29 is 4.79 Å². The minimum atomic E-state index is -0.0132. The average molecular weight is 270 g/mol. The Morgan fingerprint density at radius 1 is 1.33 bits per heavy atom. The molecule has 0 bridgehead atoms. The van der Waals surface area contributed by atoms with Gasteiger partial charge >= 0.3 is 0 Å². The molecule has 0 saturated carbocycles. The number of halogens is 1. The Balaban J connectivity index is 2.44. The molecular weight excluding hydrogens is 254 g/mol. The quantitative estimate of drug-likeness (QED) is 0.837. The van der Waals surface area contributed by atoms with Crippen molar-refractivity contribution in [1.82, 2.24) is 5.32 Å². The predicted octanol–water partition coefficient (Wildman–Crippen LogP) is 2.84. The van der Waals surface area contributed by atoms with E-state index in [9.17, 15) is 4.79 Å². The fourth-order valence-corrected chi connectivity index (χ4v) is 1.28. The van der Waals surface area contributed by atoms with Crippen molar-refractivity contribution in [2.24, 2.45) is 5.92 Å². The van der Waals surface area contributed by atoms with Gasteiger partial charge in [0, 0.05) is 16.9 Å². The number of amides is 1. The molecule has 1 rings (SSSR count). The second kappa shape index (κ2) is 5.91. The Morgan fingerprint density at radius 3 is 2.47 bits per heavy atom. The van der Waals surface area contributed by atoms with Crippen LogP contribution in [0.5, 0.6) is 0 Å². The van der Waals surface area contributed by atoms with Crippen LogP contribution < -0.4 is 5.32 Å². The minimum Gasteiger partial charge on any atom is -0.351 e. The number of hydrogen-bond acceptors (Lipinski definition) is 1. The summed E-state index contributed by atoms with van der Waals surface area (Å²) in [6, 6.07) is 9.26. The molecule has 1 aromatic rings. The molecule has 3 heteroatoms. The Morgan fingerprint density at radius 2 is 1.93 bits per heavy atom. The van der Waals surface area contributed by atoms with Gasteiger partial charge in [-0.1, -0.05) is 48.0 Å². The molecule has 0 fully saturated rings. The largest absolute Gasteiger partial charge is 0.351 e. The standard InChI is InChI=1S/C12H16BrNO/c1-9(2)11(13)8-14-12(15)10-6-4-3-5-7-10/h3-7,9,11H,8H2,1-2H3,(H,14,15). The number of alkyl halides is 1. The normalized spacial score (nSPS) is 12.5. The summed E-state index contributed by atoms with van der Waals surface area (Å²) in [5, 5.41) is 2.89. The summed E-state index contributed by atoms with van der Waals surface area (Å²) >= 11 is 3.53. The second-order valence-corrected chi connectivity index (χ2v) is 5.01. The molecule has 15 heavy (non-hydrogen) atoms. The lowest BCUT2D eigenvalue weighted by molar-refractivity contribution is 0.0953. The minimum absolute atomic E-state index is 0.0132. The highest BCUT2D eigenvalue weighted by molar-refractivity contribution is 9.09. The SMILES string of the molecule is CC(C)C(Br)CNC(=O)c1ccccc1. The molecule has 1 aromatic carbocycles. The average Bonchev–Trinajstić information content (AvgIpc) is 2.26. The second-order valence-electron chi connectivity index (χ2n) is 3.84. The van der Waals surface area contributed by atoms with E-state index >= 15 is 0 Å². The van der Waals surface area contributed by atoms with Gasteiger partial charge in [0.2, 0.25) is 0 Å². The lowest BCUT2D eigenvalue weighted by Gasteiger charge is -2.14. The third-order valence-corrected chi connectivity index (χ3v) is 3.60. The molecule has 2 nitrogen and oxygen atoms in total. The molecule has 1 amide bonds. The third kappa shape index (κ3) is 4.04.